The van der Waals surface area contributed by atoms with Gasteiger partial charge in [-0.3, -0.25) is 4.99 Å². The molecule has 0 N–H and O–H groups in total. The number of rotatable bonds is 6. The average Bonchev–Trinajstić information content (AvgIpc) is 2.45. The number of hydrogen-bond acceptors (Lipinski definition) is 1. The molecule has 0 fully saturated rings. The lowest BCUT2D eigenvalue weighted by Crippen LogP contribution is -2.14. The molecule has 1 atom stereocenters. The Labute approximate surface area is 138 Å². The van der Waals surface area contributed by atoms with Crippen molar-refractivity contribution >= 4 is 5.71 Å². The second-order valence-corrected chi connectivity index (χ2v) is 6.52. The van der Waals surface area contributed by atoms with Gasteiger partial charge in [-0.05, 0) is 54.5 Å². The molecule has 0 saturated heterocycles. The van der Waals surface area contributed by atoms with E-state index in [1.54, 1.807) is 0 Å². The maximum absolute atomic E-state index is 13.5. The molecule has 0 radical (unpaired) electrons. The number of halogens is 2. The lowest BCUT2D eigenvalue weighted by molar-refractivity contribution is 0.0637. The van der Waals surface area contributed by atoms with Gasteiger partial charge in [0.05, 0.1) is 5.71 Å². The Balaban J connectivity index is 3.42. The van der Waals surface area contributed by atoms with Crippen LogP contribution in [0.3, 0.4) is 0 Å². The first-order valence-corrected chi connectivity index (χ1v) is 7.94. The fourth-order valence-electron chi connectivity index (χ4n) is 2.20. The Morgan fingerprint density at radius 2 is 1.87 bits per heavy atom. The van der Waals surface area contributed by atoms with Gasteiger partial charge in [0.1, 0.15) is 0 Å². The van der Waals surface area contributed by atoms with Crippen molar-refractivity contribution in [3.05, 3.63) is 59.3 Å². The van der Waals surface area contributed by atoms with Crippen LogP contribution in [0.2, 0.25) is 0 Å². The number of aryl methyl sites for hydroxylation is 1. The molecule has 0 spiro atoms. The topological polar surface area (TPSA) is 12.4 Å². The van der Waals surface area contributed by atoms with Crippen LogP contribution in [-0.4, -0.2) is 11.6 Å². The van der Waals surface area contributed by atoms with E-state index < -0.39 is 5.92 Å². The maximum Gasteiger partial charge on any atom is 0.266 e. The molecule has 126 valence electrons. The second kappa shape index (κ2) is 7.67. The van der Waals surface area contributed by atoms with Gasteiger partial charge >= 0.3 is 0 Å². The van der Waals surface area contributed by atoms with Crippen LogP contribution in [0.1, 0.15) is 57.2 Å². The molecular weight excluding hydrogens is 292 g/mol. The minimum atomic E-state index is -2.86. The summed E-state index contributed by atoms with van der Waals surface area (Å²) in [5.74, 6) is -1.97. The van der Waals surface area contributed by atoms with Crippen LogP contribution in [0, 0.1) is 12.8 Å². The van der Waals surface area contributed by atoms with Gasteiger partial charge in [0.25, 0.3) is 5.92 Å². The molecule has 0 aromatic heterocycles. The smallest absolute Gasteiger partial charge is 0.257 e. The van der Waals surface area contributed by atoms with E-state index in [1.807, 2.05) is 13.0 Å². The fourth-order valence-corrected chi connectivity index (χ4v) is 2.20. The van der Waals surface area contributed by atoms with Crippen molar-refractivity contribution in [3.63, 3.8) is 0 Å². The van der Waals surface area contributed by atoms with Gasteiger partial charge in [0.15, 0.2) is 0 Å². The Kier molecular flexibility index (Phi) is 6.43. The predicted octanol–water partition coefficient (Wildman–Crippen LogP) is 6.29. The summed E-state index contributed by atoms with van der Waals surface area (Å²) in [5.41, 5.74) is 3.58. The van der Waals surface area contributed by atoms with Gasteiger partial charge in [-0.25, -0.2) is 8.78 Å². The largest absolute Gasteiger partial charge is 0.266 e. The summed E-state index contributed by atoms with van der Waals surface area (Å²) in [7, 11) is 0. The molecule has 0 aliphatic rings. The average molecular weight is 319 g/mol. The summed E-state index contributed by atoms with van der Waals surface area (Å²) in [4.78, 5) is 4.22. The minimum absolute atomic E-state index is 0.0141. The van der Waals surface area contributed by atoms with E-state index in [0.29, 0.717) is 17.5 Å². The normalized spacial score (nSPS) is 15.0. The van der Waals surface area contributed by atoms with E-state index in [1.165, 1.54) is 24.8 Å². The number of aliphatic imine (C=N–C) groups is 1. The molecule has 0 aliphatic carbocycles. The minimum Gasteiger partial charge on any atom is -0.257 e. The molecule has 3 heteroatoms. The van der Waals surface area contributed by atoms with Gasteiger partial charge in [-0.15, -0.1) is 0 Å². The maximum atomic E-state index is 13.5. The third kappa shape index (κ3) is 5.12. The lowest BCUT2D eigenvalue weighted by atomic mass is 9.87. The van der Waals surface area contributed by atoms with Crippen LogP contribution in [0.25, 0.3) is 0 Å². The molecule has 0 heterocycles. The molecule has 0 amide bonds. The summed E-state index contributed by atoms with van der Waals surface area (Å²) in [6.07, 6.45) is 2.85. The van der Waals surface area contributed by atoms with Gasteiger partial charge in [-0.2, -0.15) is 0 Å². The standard InChI is InChI=1S/C20H27F2N/c1-8-23-19(11-15(5)20(7,21)22)18-12-17(10-9-14(18)4)16(6)13(2)3/h8-13,16H,1H2,2-7H3/b15-11+,23-19+. The van der Waals surface area contributed by atoms with Crippen molar-refractivity contribution in [2.45, 2.75) is 53.4 Å². The summed E-state index contributed by atoms with van der Waals surface area (Å²) in [6.45, 7) is 14.4. The van der Waals surface area contributed by atoms with Crippen molar-refractivity contribution < 1.29 is 8.78 Å². The Hall–Kier alpha value is -1.77. The summed E-state index contributed by atoms with van der Waals surface area (Å²) in [5, 5.41) is 0. The SMILES string of the molecule is C=C/N=C(\C=C(/C)C(C)(F)F)c1cc(C(C)C(C)C)ccc1C. The molecule has 1 aromatic carbocycles. The third-order valence-corrected chi connectivity index (χ3v) is 4.34. The fraction of sp³-hybridized carbons (Fsp3) is 0.450. The van der Waals surface area contributed by atoms with Crippen molar-refractivity contribution in [1.29, 1.82) is 0 Å². The Morgan fingerprint density at radius 1 is 1.26 bits per heavy atom. The Morgan fingerprint density at radius 3 is 2.35 bits per heavy atom. The van der Waals surface area contributed by atoms with Crippen molar-refractivity contribution in [2.75, 3.05) is 0 Å². The number of benzene rings is 1. The molecule has 1 rings (SSSR count). The van der Waals surface area contributed by atoms with E-state index in [-0.39, 0.29) is 5.57 Å². The third-order valence-electron chi connectivity index (χ3n) is 4.34. The monoisotopic (exact) mass is 319 g/mol. The Bertz CT molecular complexity index is 619. The van der Waals surface area contributed by atoms with Crippen LogP contribution in [-0.2, 0) is 0 Å². The van der Waals surface area contributed by atoms with Crippen LogP contribution in [0.15, 0.2) is 47.6 Å². The summed E-state index contributed by atoms with van der Waals surface area (Å²) >= 11 is 0. The van der Waals surface area contributed by atoms with Crippen LogP contribution in [0.5, 0.6) is 0 Å². The van der Waals surface area contributed by atoms with E-state index in [9.17, 15) is 8.78 Å². The highest BCUT2D eigenvalue weighted by Gasteiger charge is 2.24. The summed E-state index contributed by atoms with van der Waals surface area (Å²) < 4.78 is 27.0. The highest BCUT2D eigenvalue weighted by atomic mass is 19.3. The van der Waals surface area contributed by atoms with E-state index in [2.05, 4.69) is 44.5 Å². The highest BCUT2D eigenvalue weighted by molar-refractivity contribution is 6.10. The molecule has 0 bridgehead atoms. The molecule has 1 nitrogen and oxygen atoms in total. The molecular formula is C20H27F2N. The number of allylic oxidation sites excluding steroid dienone is 2. The number of nitrogens with zero attached hydrogens (tertiary/aromatic N) is 1. The van der Waals surface area contributed by atoms with E-state index in [4.69, 9.17) is 0 Å². The quantitative estimate of drug-likeness (QED) is 0.546. The molecule has 1 unspecified atom stereocenters. The zero-order valence-corrected chi connectivity index (χ0v) is 15.0. The zero-order valence-electron chi connectivity index (χ0n) is 15.0. The van der Waals surface area contributed by atoms with Crippen LogP contribution < -0.4 is 0 Å². The first kappa shape index (κ1) is 19.3. The van der Waals surface area contributed by atoms with Crippen molar-refractivity contribution in [3.8, 4) is 0 Å². The second-order valence-electron chi connectivity index (χ2n) is 6.52. The van der Waals surface area contributed by atoms with E-state index in [0.717, 1.165) is 18.1 Å². The molecule has 0 aliphatic heterocycles. The molecule has 0 saturated carbocycles. The van der Waals surface area contributed by atoms with Crippen LogP contribution >= 0.6 is 0 Å². The van der Waals surface area contributed by atoms with Crippen molar-refractivity contribution in [1.82, 2.24) is 0 Å². The van der Waals surface area contributed by atoms with Gasteiger partial charge in [-0.1, -0.05) is 39.5 Å². The summed E-state index contributed by atoms with van der Waals surface area (Å²) in [6, 6.07) is 6.18. The zero-order chi connectivity index (χ0) is 17.8. The van der Waals surface area contributed by atoms with Crippen molar-refractivity contribution in [2.24, 2.45) is 10.9 Å². The van der Waals surface area contributed by atoms with Crippen LogP contribution in [0.4, 0.5) is 8.78 Å². The van der Waals surface area contributed by atoms with Gasteiger partial charge in [0.2, 0.25) is 0 Å². The molecule has 23 heavy (non-hydrogen) atoms. The van der Waals surface area contributed by atoms with Gasteiger partial charge < -0.3 is 0 Å². The van der Waals surface area contributed by atoms with Gasteiger partial charge in [0, 0.05) is 18.7 Å². The number of hydrogen-bond donors (Lipinski definition) is 0. The first-order valence-electron chi connectivity index (χ1n) is 7.94. The molecule has 1 aromatic rings. The predicted molar refractivity (Wildman–Crippen MR) is 95.5 cm³/mol. The highest BCUT2D eigenvalue weighted by Crippen LogP contribution is 2.27. The lowest BCUT2D eigenvalue weighted by Gasteiger charge is -2.18. The van der Waals surface area contributed by atoms with E-state index >= 15 is 0 Å². The first-order chi connectivity index (χ1) is 10.6. The number of alkyl halides is 2.